The summed E-state index contributed by atoms with van der Waals surface area (Å²) in [6.45, 7) is 5.30. The van der Waals surface area contributed by atoms with Crippen LogP contribution in [-0.4, -0.2) is 59.4 Å². The minimum absolute atomic E-state index is 0.0193. The van der Waals surface area contributed by atoms with Crippen LogP contribution in [0.2, 0.25) is 0 Å². The minimum Gasteiger partial charge on any atom is -0.369 e. The van der Waals surface area contributed by atoms with E-state index in [9.17, 15) is 9.59 Å². The third-order valence-electron chi connectivity index (χ3n) is 5.96. The summed E-state index contributed by atoms with van der Waals surface area (Å²) >= 11 is 0. The van der Waals surface area contributed by atoms with Crippen LogP contribution in [0.25, 0.3) is 0 Å². The van der Waals surface area contributed by atoms with E-state index in [2.05, 4.69) is 15.5 Å². The second kappa shape index (κ2) is 6.33. The Hall–Kier alpha value is -2.08. The number of amides is 2. The molecule has 3 heterocycles. The Morgan fingerprint density at radius 2 is 1.72 bits per heavy atom. The predicted molar refractivity (Wildman–Crippen MR) is 97.5 cm³/mol. The molecule has 1 spiro atoms. The first-order valence-electron chi connectivity index (χ1n) is 9.31. The Morgan fingerprint density at radius 3 is 2.40 bits per heavy atom. The third-order valence-corrected chi connectivity index (χ3v) is 5.96. The SMILES string of the molecule is C[C@@H](C(=O)N1CCC2(CC1)Nc1ccccc1NC2=O)N1CCCC1. The number of nitrogens with one attached hydrogen (secondary N) is 2. The Labute approximate surface area is 148 Å². The van der Waals surface area contributed by atoms with Gasteiger partial charge in [0.15, 0.2) is 0 Å². The van der Waals surface area contributed by atoms with Gasteiger partial charge in [-0.3, -0.25) is 14.5 Å². The fourth-order valence-corrected chi connectivity index (χ4v) is 4.27. The maximum Gasteiger partial charge on any atom is 0.250 e. The number of fused-ring (bicyclic) bond motifs is 1. The number of benzene rings is 1. The Bertz CT molecular complexity index is 676. The molecule has 0 saturated carbocycles. The summed E-state index contributed by atoms with van der Waals surface area (Å²) < 4.78 is 0. The molecule has 0 aliphatic carbocycles. The summed E-state index contributed by atoms with van der Waals surface area (Å²) in [5, 5.41) is 6.46. The topological polar surface area (TPSA) is 64.7 Å². The fourth-order valence-electron chi connectivity index (χ4n) is 4.27. The standard InChI is InChI=1S/C19H26N4O2/c1-14(22-10-4-5-11-22)17(24)23-12-8-19(9-13-23)18(25)20-15-6-2-3-7-16(15)21-19/h2-3,6-7,14,21H,4-5,8-13H2,1H3,(H,20,25)/t14-/m0/s1. The number of carbonyl (C=O) groups is 2. The second-order valence-corrected chi connectivity index (χ2v) is 7.45. The lowest BCUT2D eigenvalue weighted by Crippen LogP contribution is -2.60. The van der Waals surface area contributed by atoms with E-state index in [1.165, 1.54) is 12.8 Å². The zero-order valence-electron chi connectivity index (χ0n) is 14.8. The molecule has 4 rings (SSSR count). The lowest BCUT2D eigenvalue weighted by Gasteiger charge is -2.45. The van der Waals surface area contributed by atoms with E-state index >= 15 is 0 Å². The molecule has 0 radical (unpaired) electrons. The zero-order valence-corrected chi connectivity index (χ0v) is 14.8. The molecular formula is C19H26N4O2. The van der Waals surface area contributed by atoms with E-state index in [0.717, 1.165) is 24.5 Å². The molecule has 0 unspecified atom stereocenters. The Balaban J connectivity index is 1.42. The van der Waals surface area contributed by atoms with Crippen LogP contribution in [0.3, 0.4) is 0 Å². The highest BCUT2D eigenvalue weighted by Crippen LogP contribution is 2.36. The molecule has 1 aromatic carbocycles. The molecule has 2 amide bonds. The average molecular weight is 342 g/mol. The van der Waals surface area contributed by atoms with Gasteiger partial charge in [-0.2, -0.15) is 0 Å². The molecule has 0 bridgehead atoms. The molecule has 134 valence electrons. The van der Waals surface area contributed by atoms with E-state index in [1.807, 2.05) is 36.1 Å². The highest BCUT2D eigenvalue weighted by molar-refractivity contribution is 6.06. The van der Waals surface area contributed by atoms with Gasteiger partial charge in [-0.1, -0.05) is 12.1 Å². The van der Waals surface area contributed by atoms with Gasteiger partial charge < -0.3 is 15.5 Å². The van der Waals surface area contributed by atoms with Gasteiger partial charge in [0, 0.05) is 13.1 Å². The van der Waals surface area contributed by atoms with E-state index < -0.39 is 5.54 Å². The van der Waals surface area contributed by atoms with Crippen molar-refractivity contribution >= 4 is 23.2 Å². The van der Waals surface area contributed by atoms with E-state index in [0.29, 0.717) is 25.9 Å². The van der Waals surface area contributed by atoms with Gasteiger partial charge in [-0.15, -0.1) is 0 Å². The Kier molecular flexibility index (Phi) is 4.15. The second-order valence-electron chi connectivity index (χ2n) is 7.45. The highest BCUT2D eigenvalue weighted by Gasteiger charge is 2.45. The largest absolute Gasteiger partial charge is 0.369 e. The maximum absolute atomic E-state index is 12.8. The first kappa shape index (κ1) is 16.4. The Morgan fingerprint density at radius 1 is 1.08 bits per heavy atom. The summed E-state index contributed by atoms with van der Waals surface area (Å²) in [4.78, 5) is 29.7. The zero-order chi connectivity index (χ0) is 17.4. The minimum atomic E-state index is -0.595. The van der Waals surface area contributed by atoms with Crippen molar-refractivity contribution < 1.29 is 9.59 Å². The van der Waals surface area contributed by atoms with Crippen molar-refractivity contribution in [1.29, 1.82) is 0 Å². The van der Waals surface area contributed by atoms with Crippen LogP contribution in [0, 0.1) is 0 Å². The number of nitrogens with zero attached hydrogens (tertiary/aromatic N) is 2. The van der Waals surface area contributed by atoms with Crippen molar-refractivity contribution in [3.05, 3.63) is 24.3 Å². The summed E-state index contributed by atoms with van der Waals surface area (Å²) in [6, 6.07) is 7.73. The molecule has 3 aliphatic rings. The van der Waals surface area contributed by atoms with Gasteiger partial charge in [0.25, 0.3) is 0 Å². The number of hydrogen-bond donors (Lipinski definition) is 2. The van der Waals surface area contributed by atoms with Gasteiger partial charge in [0.1, 0.15) is 5.54 Å². The number of hydrogen-bond acceptors (Lipinski definition) is 4. The molecule has 6 nitrogen and oxygen atoms in total. The molecule has 2 N–H and O–H groups in total. The molecule has 0 aromatic heterocycles. The first-order chi connectivity index (χ1) is 12.1. The molecule has 6 heteroatoms. The molecule has 2 saturated heterocycles. The van der Waals surface area contributed by atoms with Crippen LogP contribution in [0.4, 0.5) is 11.4 Å². The average Bonchev–Trinajstić information content (AvgIpc) is 3.17. The molecule has 2 fully saturated rings. The number of anilines is 2. The van der Waals surface area contributed by atoms with Gasteiger partial charge in [0.2, 0.25) is 11.8 Å². The molecular weight excluding hydrogens is 316 g/mol. The number of likely N-dealkylation sites (tertiary alicyclic amines) is 2. The quantitative estimate of drug-likeness (QED) is 0.862. The summed E-state index contributed by atoms with van der Waals surface area (Å²) in [5.74, 6) is 0.222. The number of piperidine rings is 1. The maximum atomic E-state index is 12.8. The molecule has 1 aromatic rings. The van der Waals surface area contributed by atoms with Crippen LogP contribution in [0.15, 0.2) is 24.3 Å². The van der Waals surface area contributed by atoms with Crippen LogP contribution in [0.1, 0.15) is 32.6 Å². The van der Waals surface area contributed by atoms with Gasteiger partial charge in [-0.25, -0.2) is 0 Å². The van der Waals surface area contributed by atoms with Crippen molar-refractivity contribution in [1.82, 2.24) is 9.80 Å². The van der Waals surface area contributed by atoms with Gasteiger partial charge in [-0.05, 0) is 57.8 Å². The fraction of sp³-hybridized carbons (Fsp3) is 0.579. The van der Waals surface area contributed by atoms with Gasteiger partial charge in [0.05, 0.1) is 17.4 Å². The van der Waals surface area contributed by atoms with Crippen LogP contribution in [-0.2, 0) is 9.59 Å². The van der Waals surface area contributed by atoms with Crippen LogP contribution >= 0.6 is 0 Å². The van der Waals surface area contributed by atoms with Crippen LogP contribution in [0.5, 0.6) is 0 Å². The van der Waals surface area contributed by atoms with E-state index in [-0.39, 0.29) is 17.9 Å². The van der Waals surface area contributed by atoms with Gasteiger partial charge >= 0.3 is 0 Å². The lowest BCUT2D eigenvalue weighted by molar-refractivity contribution is -0.139. The monoisotopic (exact) mass is 342 g/mol. The van der Waals surface area contributed by atoms with E-state index in [4.69, 9.17) is 0 Å². The number of carbonyl (C=O) groups excluding carboxylic acids is 2. The number of para-hydroxylation sites is 2. The van der Waals surface area contributed by atoms with Crippen molar-refractivity contribution in [3.63, 3.8) is 0 Å². The van der Waals surface area contributed by atoms with Crippen molar-refractivity contribution in [2.24, 2.45) is 0 Å². The summed E-state index contributed by atoms with van der Waals surface area (Å²) in [6.07, 6.45) is 3.66. The first-order valence-corrected chi connectivity index (χ1v) is 9.31. The molecule has 25 heavy (non-hydrogen) atoms. The molecule has 1 atom stereocenters. The summed E-state index contributed by atoms with van der Waals surface area (Å²) in [5.41, 5.74) is 1.20. The highest BCUT2D eigenvalue weighted by atomic mass is 16.2. The van der Waals surface area contributed by atoms with Crippen molar-refractivity contribution in [2.45, 2.75) is 44.2 Å². The molecule has 3 aliphatic heterocycles. The lowest BCUT2D eigenvalue weighted by atomic mass is 9.84. The number of rotatable bonds is 2. The smallest absolute Gasteiger partial charge is 0.250 e. The van der Waals surface area contributed by atoms with Crippen molar-refractivity contribution in [2.75, 3.05) is 36.8 Å². The normalized spacial score (nSPS) is 23.7. The summed E-state index contributed by atoms with van der Waals surface area (Å²) in [7, 11) is 0. The predicted octanol–water partition coefficient (Wildman–Crippen LogP) is 1.90. The van der Waals surface area contributed by atoms with E-state index in [1.54, 1.807) is 0 Å². The van der Waals surface area contributed by atoms with Crippen molar-refractivity contribution in [3.8, 4) is 0 Å². The third kappa shape index (κ3) is 2.88. The van der Waals surface area contributed by atoms with Crippen LogP contribution < -0.4 is 10.6 Å².